The summed E-state index contributed by atoms with van der Waals surface area (Å²) in [5, 5.41) is 20.5. The second-order valence-electron chi connectivity index (χ2n) is 5.69. The number of nitro benzene ring substituents is 1. The van der Waals surface area contributed by atoms with Crippen molar-refractivity contribution in [3.63, 3.8) is 0 Å². The van der Waals surface area contributed by atoms with Gasteiger partial charge in [0, 0.05) is 30.8 Å². The Morgan fingerprint density at radius 1 is 1.41 bits per heavy atom. The van der Waals surface area contributed by atoms with E-state index in [1.165, 1.54) is 18.2 Å². The normalized spacial score (nSPS) is 21.4. The maximum absolute atomic E-state index is 12.6. The van der Waals surface area contributed by atoms with Gasteiger partial charge in [0.1, 0.15) is 5.56 Å². The van der Waals surface area contributed by atoms with E-state index in [1.54, 1.807) is 11.9 Å². The highest BCUT2D eigenvalue weighted by Crippen LogP contribution is 2.29. The molecule has 0 unspecified atom stereocenters. The highest BCUT2D eigenvalue weighted by atomic mass is 35.5. The molecule has 120 valence electrons. The highest BCUT2D eigenvalue weighted by molar-refractivity contribution is 6.31. The Morgan fingerprint density at radius 2 is 2.05 bits per heavy atom. The van der Waals surface area contributed by atoms with Crippen LogP contribution >= 0.6 is 11.6 Å². The van der Waals surface area contributed by atoms with E-state index >= 15 is 0 Å². The summed E-state index contributed by atoms with van der Waals surface area (Å²) >= 11 is 5.77. The second kappa shape index (κ2) is 7.07. The summed E-state index contributed by atoms with van der Waals surface area (Å²) in [6.45, 7) is 0.174. The fourth-order valence-corrected chi connectivity index (χ4v) is 3.07. The molecular formula is C15H19ClN2O4. The molecular weight excluding hydrogens is 308 g/mol. The third-order valence-electron chi connectivity index (χ3n) is 4.33. The van der Waals surface area contributed by atoms with E-state index in [0.717, 1.165) is 25.7 Å². The maximum atomic E-state index is 12.6. The first kappa shape index (κ1) is 16.7. The molecule has 0 aliphatic heterocycles. The minimum Gasteiger partial charge on any atom is -0.396 e. The highest BCUT2D eigenvalue weighted by Gasteiger charge is 2.30. The first-order valence-corrected chi connectivity index (χ1v) is 7.63. The number of aliphatic hydroxyl groups excluding tert-OH is 1. The van der Waals surface area contributed by atoms with Crippen LogP contribution in [0, 0.1) is 16.0 Å². The standard InChI is InChI=1S/C15H19ClN2O4/c1-17(12-5-2-10(9-19)3-6-12)15(20)13-7-4-11(16)8-14(13)18(21)22/h4,7-8,10,12,19H,2-3,5-6,9H2,1H3. The van der Waals surface area contributed by atoms with Gasteiger partial charge in [-0.15, -0.1) is 0 Å². The second-order valence-corrected chi connectivity index (χ2v) is 6.13. The summed E-state index contributed by atoms with van der Waals surface area (Å²) in [5.74, 6) is -0.0690. The van der Waals surface area contributed by atoms with Crippen molar-refractivity contribution in [1.82, 2.24) is 4.90 Å². The predicted molar refractivity (Wildman–Crippen MR) is 83.0 cm³/mol. The molecule has 1 aromatic carbocycles. The number of nitro groups is 1. The Balaban J connectivity index is 2.16. The van der Waals surface area contributed by atoms with E-state index in [-0.39, 0.29) is 34.8 Å². The number of rotatable bonds is 4. The number of nitrogens with zero attached hydrogens (tertiary/aromatic N) is 2. The van der Waals surface area contributed by atoms with Crippen LogP contribution in [0.4, 0.5) is 5.69 Å². The van der Waals surface area contributed by atoms with Crippen LogP contribution in [0.5, 0.6) is 0 Å². The Morgan fingerprint density at radius 3 is 2.59 bits per heavy atom. The molecule has 0 radical (unpaired) electrons. The smallest absolute Gasteiger partial charge is 0.283 e. The summed E-state index contributed by atoms with van der Waals surface area (Å²) in [5.41, 5.74) is -0.213. The fourth-order valence-electron chi connectivity index (χ4n) is 2.91. The van der Waals surface area contributed by atoms with Crippen molar-refractivity contribution in [2.24, 2.45) is 5.92 Å². The number of carbonyl (C=O) groups excluding carboxylic acids is 1. The Labute approximate surface area is 133 Å². The number of amides is 1. The summed E-state index contributed by atoms with van der Waals surface area (Å²) < 4.78 is 0. The van der Waals surface area contributed by atoms with Crippen LogP contribution in [-0.4, -0.2) is 40.5 Å². The van der Waals surface area contributed by atoms with E-state index in [0.29, 0.717) is 5.92 Å². The zero-order valence-electron chi connectivity index (χ0n) is 12.4. The lowest BCUT2D eigenvalue weighted by atomic mass is 9.86. The first-order chi connectivity index (χ1) is 10.4. The average molecular weight is 327 g/mol. The number of benzene rings is 1. The van der Waals surface area contributed by atoms with Gasteiger partial charge in [-0.05, 0) is 43.7 Å². The molecule has 2 rings (SSSR count). The number of hydrogen-bond donors (Lipinski definition) is 1. The van der Waals surface area contributed by atoms with E-state index in [4.69, 9.17) is 16.7 Å². The number of carbonyl (C=O) groups is 1. The van der Waals surface area contributed by atoms with Crippen LogP contribution in [0.3, 0.4) is 0 Å². The first-order valence-electron chi connectivity index (χ1n) is 7.26. The van der Waals surface area contributed by atoms with Crippen molar-refractivity contribution in [3.8, 4) is 0 Å². The number of aliphatic hydroxyl groups is 1. The van der Waals surface area contributed by atoms with Gasteiger partial charge in [-0.1, -0.05) is 11.6 Å². The van der Waals surface area contributed by atoms with Crippen molar-refractivity contribution in [2.75, 3.05) is 13.7 Å². The number of halogens is 1. The third-order valence-corrected chi connectivity index (χ3v) is 4.56. The molecule has 1 aliphatic carbocycles. The van der Waals surface area contributed by atoms with Gasteiger partial charge in [0.25, 0.3) is 11.6 Å². The van der Waals surface area contributed by atoms with E-state index in [1.807, 2.05) is 0 Å². The molecule has 1 N–H and O–H groups in total. The van der Waals surface area contributed by atoms with Gasteiger partial charge in [-0.3, -0.25) is 14.9 Å². The van der Waals surface area contributed by atoms with Gasteiger partial charge in [0.05, 0.1) is 4.92 Å². The largest absolute Gasteiger partial charge is 0.396 e. The maximum Gasteiger partial charge on any atom is 0.283 e. The van der Waals surface area contributed by atoms with Crippen molar-refractivity contribution < 1.29 is 14.8 Å². The van der Waals surface area contributed by atoms with Crippen molar-refractivity contribution >= 4 is 23.2 Å². The van der Waals surface area contributed by atoms with Crippen molar-refractivity contribution in [1.29, 1.82) is 0 Å². The van der Waals surface area contributed by atoms with Crippen molar-refractivity contribution in [3.05, 3.63) is 38.9 Å². The predicted octanol–water partition coefficient (Wildman–Crippen LogP) is 2.87. The quantitative estimate of drug-likeness (QED) is 0.681. The SMILES string of the molecule is CN(C(=O)c1ccc(Cl)cc1[N+](=O)[O-])C1CCC(CO)CC1. The summed E-state index contributed by atoms with van der Waals surface area (Å²) in [6.07, 6.45) is 3.33. The molecule has 0 atom stereocenters. The van der Waals surface area contributed by atoms with Gasteiger partial charge >= 0.3 is 0 Å². The minimum absolute atomic E-state index is 0.0468. The van der Waals surface area contributed by atoms with E-state index < -0.39 is 4.92 Å². The Hall–Kier alpha value is -1.66. The lowest BCUT2D eigenvalue weighted by Crippen LogP contribution is -2.40. The fraction of sp³-hybridized carbons (Fsp3) is 0.533. The zero-order chi connectivity index (χ0) is 16.3. The van der Waals surface area contributed by atoms with Crippen molar-refractivity contribution in [2.45, 2.75) is 31.7 Å². The van der Waals surface area contributed by atoms with Gasteiger partial charge in [-0.2, -0.15) is 0 Å². The molecule has 1 aliphatic rings. The van der Waals surface area contributed by atoms with Gasteiger partial charge in [0.2, 0.25) is 0 Å². The Bertz CT molecular complexity index is 571. The molecule has 0 spiro atoms. The molecule has 1 amide bonds. The monoisotopic (exact) mass is 326 g/mol. The molecule has 0 heterocycles. The molecule has 1 saturated carbocycles. The zero-order valence-corrected chi connectivity index (χ0v) is 13.1. The third kappa shape index (κ3) is 3.56. The number of hydrogen-bond acceptors (Lipinski definition) is 4. The molecule has 22 heavy (non-hydrogen) atoms. The summed E-state index contributed by atoms with van der Waals surface area (Å²) in [6, 6.07) is 4.13. The van der Waals surface area contributed by atoms with Gasteiger partial charge in [0.15, 0.2) is 0 Å². The van der Waals surface area contributed by atoms with E-state index in [2.05, 4.69) is 0 Å². The summed E-state index contributed by atoms with van der Waals surface area (Å²) in [4.78, 5) is 24.7. The van der Waals surface area contributed by atoms with Crippen LogP contribution in [0.25, 0.3) is 0 Å². The average Bonchev–Trinajstić information content (AvgIpc) is 2.53. The van der Waals surface area contributed by atoms with Crippen LogP contribution in [0.1, 0.15) is 36.0 Å². The summed E-state index contributed by atoms with van der Waals surface area (Å²) in [7, 11) is 1.67. The van der Waals surface area contributed by atoms with Gasteiger partial charge in [-0.25, -0.2) is 0 Å². The molecule has 1 fully saturated rings. The lowest BCUT2D eigenvalue weighted by Gasteiger charge is -2.34. The molecule has 6 nitrogen and oxygen atoms in total. The molecule has 7 heteroatoms. The molecule has 1 aromatic rings. The topological polar surface area (TPSA) is 83.7 Å². The lowest BCUT2D eigenvalue weighted by molar-refractivity contribution is -0.385. The van der Waals surface area contributed by atoms with Gasteiger partial charge < -0.3 is 10.0 Å². The molecule has 0 aromatic heterocycles. The molecule has 0 saturated heterocycles. The van der Waals surface area contributed by atoms with Crippen LogP contribution in [0.2, 0.25) is 5.02 Å². The van der Waals surface area contributed by atoms with E-state index in [9.17, 15) is 14.9 Å². The van der Waals surface area contributed by atoms with Crippen LogP contribution < -0.4 is 0 Å². The van der Waals surface area contributed by atoms with Crippen LogP contribution in [0.15, 0.2) is 18.2 Å². The Kier molecular flexibility index (Phi) is 5.37. The minimum atomic E-state index is -0.588. The van der Waals surface area contributed by atoms with Crippen LogP contribution in [-0.2, 0) is 0 Å². The molecule has 0 bridgehead atoms.